The van der Waals surface area contributed by atoms with Crippen LogP contribution >= 0.6 is 0 Å². The van der Waals surface area contributed by atoms with E-state index in [1.807, 2.05) is 0 Å². The summed E-state index contributed by atoms with van der Waals surface area (Å²) in [4.78, 5) is 30.8. The summed E-state index contributed by atoms with van der Waals surface area (Å²) in [5, 5.41) is 0. The van der Waals surface area contributed by atoms with Gasteiger partial charge >= 0.3 is 6.09 Å². The number of fused-ring (bicyclic) bond motifs is 1. The Balaban J connectivity index is 2.31. The van der Waals surface area contributed by atoms with Crippen molar-refractivity contribution in [3.63, 3.8) is 0 Å². The van der Waals surface area contributed by atoms with E-state index in [0.29, 0.717) is 25.1 Å². The minimum atomic E-state index is -0.352. The van der Waals surface area contributed by atoms with E-state index in [0.717, 1.165) is 11.1 Å². The Morgan fingerprint density at radius 1 is 1.37 bits per heavy atom. The number of hydrogen-bond donors (Lipinski definition) is 0. The summed E-state index contributed by atoms with van der Waals surface area (Å²) in [5.74, 6) is -0.0594. The third-order valence-corrected chi connectivity index (χ3v) is 3.21. The van der Waals surface area contributed by atoms with Gasteiger partial charge in [-0.2, -0.15) is 0 Å². The molecular weight excluding hydrogens is 246 g/mol. The molecule has 0 fully saturated rings. The Kier molecular flexibility index (Phi) is 3.69. The molecule has 19 heavy (non-hydrogen) atoms. The Morgan fingerprint density at radius 3 is 2.74 bits per heavy atom. The lowest BCUT2D eigenvalue weighted by Gasteiger charge is -2.28. The SMILES string of the molecule is COC(=O)N1CCc2c(cncc2C(=O)N(C)C)C1. The number of carbonyl (C=O) groups is 2. The number of nitrogens with zero attached hydrogens (tertiary/aromatic N) is 3. The summed E-state index contributed by atoms with van der Waals surface area (Å²) in [6, 6.07) is 0. The summed E-state index contributed by atoms with van der Waals surface area (Å²) in [6.07, 6.45) is 3.59. The molecule has 2 heterocycles. The number of pyridine rings is 1. The maximum absolute atomic E-state index is 12.1. The second-order valence-electron chi connectivity index (χ2n) is 4.67. The molecule has 0 saturated heterocycles. The third kappa shape index (κ3) is 2.52. The van der Waals surface area contributed by atoms with Crippen molar-refractivity contribution >= 4 is 12.0 Å². The molecule has 1 aromatic heterocycles. The van der Waals surface area contributed by atoms with E-state index in [1.54, 1.807) is 31.4 Å². The molecular formula is C13H17N3O3. The fourth-order valence-electron chi connectivity index (χ4n) is 2.20. The van der Waals surface area contributed by atoms with Crippen LogP contribution in [-0.2, 0) is 17.7 Å². The van der Waals surface area contributed by atoms with Crippen molar-refractivity contribution in [2.45, 2.75) is 13.0 Å². The van der Waals surface area contributed by atoms with Crippen LogP contribution in [0.3, 0.4) is 0 Å². The number of hydrogen-bond acceptors (Lipinski definition) is 4. The fourth-order valence-corrected chi connectivity index (χ4v) is 2.20. The molecule has 1 aromatic rings. The maximum atomic E-state index is 12.1. The Labute approximate surface area is 112 Å². The van der Waals surface area contributed by atoms with Crippen LogP contribution in [0.4, 0.5) is 4.79 Å². The van der Waals surface area contributed by atoms with Crippen molar-refractivity contribution in [3.05, 3.63) is 29.1 Å². The van der Waals surface area contributed by atoms with E-state index >= 15 is 0 Å². The first kappa shape index (κ1) is 13.3. The first-order chi connectivity index (χ1) is 9.04. The Morgan fingerprint density at radius 2 is 2.11 bits per heavy atom. The van der Waals surface area contributed by atoms with Crippen molar-refractivity contribution < 1.29 is 14.3 Å². The summed E-state index contributed by atoms with van der Waals surface area (Å²) < 4.78 is 4.71. The van der Waals surface area contributed by atoms with Gasteiger partial charge < -0.3 is 14.5 Å². The molecule has 102 valence electrons. The molecule has 6 heteroatoms. The van der Waals surface area contributed by atoms with Gasteiger partial charge in [0.15, 0.2) is 0 Å². The molecule has 0 unspecified atom stereocenters. The summed E-state index contributed by atoms with van der Waals surface area (Å²) in [5.41, 5.74) is 2.50. The summed E-state index contributed by atoms with van der Waals surface area (Å²) in [7, 11) is 4.79. The lowest BCUT2D eigenvalue weighted by molar-refractivity contribution is 0.0825. The van der Waals surface area contributed by atoms with Crippen molar-refractivity contribution in [1.29, 1.82) is 0 Å². The molecule has 0 bridgehead atoms. The standard InChI is InChI=1S/C13H17N3O3/c1-15(2)12(17)11-7-14-6-9-8-16(13(18)19-3)5-4-10(9)11/h6-7H,4-5,8H2,1-3H3. The summed E-state index contributed by atoms with van der Waals surface area (Å²) >= 11 is 0. The number of amides is 2. The van der Waals surface area contributed by atoms with Crippen molar-refractivity contribution in [1.82, 2.24) is 14.8 Å². The van der Waals surface area contributed by atoms with Gasteiger partial charge in [-0.1, -0.05) is 0 Å². The van der Waals surface area contributed by atoms with Gasteiger partial charge in [-0.25, -0.2) is 4.79 Å². The summed E-state index contributed by atoms with van der Waals surface area (Å²) in [6.45, 7) is 0.987. The molecule has 2 rings (SSSR count). The molecule has 1 aliphatic heterocycles. The monoisotopic (exact) mass is 263 g/mol. The van der Waals surface area contributed by atoms with Crippen LogP contribution in [0.15, 0.2) is 12.4 Å². The van der Waals surface area contributed by atoms with E-state index in [2.05, 4.69) is 4.98 Å². The lowest BCUT2D eigenvalue weighted by Crippen LogP contribution is -2.37. The highest BCUT2D eigenvalue weighted by molar-refractivity contribution is 5.95. The van der Waals surface area contributed by atoms with E-state index in [1.165, 1.54) is 12.0 Å². The minimum Gasteiger partial charge on any atom is -0.453 e. The first-order valence-corrected chi connectivity index (χ1v) is 6.05. The average molecular weight is 263 g/mol. The first-order valence-electron chi connectivity index (χ1n) is 6.05. The number of ether oxygens (including phenoxy) is 1. The van der Waals surface area contributed by atoms with E-state index in [-0.39, 0.29) is 12.0 Å². The highest BCUT2D eigenvalue weighted by Crippen LogP contribution is 2.22. The van der Waals surface area contributed by atoms with Crippen LogP contribution in [0.2, 0.25) is 0 Å². The quantitative estimate of drug-likeness (QED) is 0.755. The predicted molar refractivity (Wildman–Crippen MR) is 68.8 cm³/mol. The molecule has 0 spiro atoms. The van der Waals surface area contributed by atoms with Crippen LogP contribution in [0.1, 0.15) is 21.5 Å². The van der Waals surface area contributed by atoms with E-state index < -0.39 is 0 Å². The van der Waals surface area contributed by atoms with Gasteiger partial charge in [0.25, 0.3) is 5.91 Å². The van der Waals surface area contributed by atoms with Gasteiger partial charge in [0.1, 0.15) is 0 Å². The van der Waals surface area contributed by atoms with E-state index in [9.17, 15) is 9.59 Å². The van der Waals surface area contributed by atoms with Crippen LogP contribution in [0, 0.1) is 0 Å². The van der Waals surface area contributed by atoms with Gasteiger partial charge in [0.05, 0.1) is 19.2 Å². The molecule has 6 nitrogen and oxygen atoms in total. The molecule has 0 aliphatic carbocycles. The van der Waals surface area contributed by atoms with Gasteiger partial charge in [-0.15, -0.1) is 0 Å². The van der Waals surface area contributed by atoms with Gasteiger partial charge in [0.2, 0.25) is 0 Å². The Bertz CT molecular complexity index is 514. The van der Waals surface area contributed by atoms with Crippen LogP contribution in [-0.4, -0.2) is 54.5 Å². The second-order valence-corrected chi connectivity index (χ2v) is 4.67. The van der Waals surface area contributed by atoms with Crippen LogP contribution in [0.25, 0.3) is 0 Å². The number of rotatable bonds is 1. The number of methoxy groups -OCH3 is 1. The highest BCUT2D eigenvalue weighted by atomic mass is 16.5. The van der Waals surface area contributed by atoms with E-state index in [4.69, 9.17) is 4.74 Å². The predicted octanol–water partition coefficient (Wildman–Crippen LogP) is 0.908. The molecule has 0 saturated carbocycles. The van der Waals surface area contributed by atoms with Crippen molar-refractivity contribution in [3.8, 4) is 0 Å². The van der Waals surface area contributed by atoms with Crippen molar-refractivity contribution in [2.24, 2.45) is 0 Å². The fraction of sp³-hybridized carbons (Fsp3) is 0.462. The zero-order valence-corrected chi connectivity index (χ0v) is 11.3. The number of carbonyl (C=O) groups excluding carboxylic acids is 2. The second kappa shape index (κ2) is 5.26. The molecule has 1 aliphatic rings. The Hall–Kier alpha value is -2.11. The zero-order valence-electron chi connectivity index (χ0n) is 11.3. The average Bonchev–Trinajstić information content (AvgIpc) is 2.44. The number of aromatic nitrogens is 1. The zero-order chi connectivity index (χ0) is 14.0. The highest BCUT2D eigenvalue weighted by Gasteiger charge is 2.25. The molecule has 0 radical (unpaired) electrons. The molecule has 0 aromatic carbocycles. The lowest BCUT2D eigenvalue weighted by atomic mass is 9.97. The molecule has 0 N–H and O–H groups in total. The molecule has 0 atom stereocenters. The molecule has 2 amide bonds. The third-order valence-electron chi connectivity index (χ3n) is 3.21. The normalized spacial score (nSPS) is 13.7. The largest absolute Gasteiger partial charge is 0.453 e. The maximum Gasteiger partial charge on any atom is 0.409 e. The van der Waals surface area contributed by atoms with Gasteiger partial charge in [-0.05, 0) is 17.5 Å². The van der Waals surface area contributed by atoms with Crippen LogP contribution in [0.5, 0.6) is 0 Å². The van der Waals surface area contributed by atoms with Gasteiger partial charge in [-0.3, -0.25) is 9.78 Å². The van der Waals surface area contributed by atoms with Gasteiger partial charge in [0, 0.05) is 33.0 Å². The smallest absolute Gasteiger partial charge is 0.409 e. The van der Waals surface area contributed by atoms with Crippen LogP contribution < -0.4 is 0 Å². The van der Waals surface area contributed by atoms with Crippen molar-refractivity contribution in [2.75, 3.05) is 27.7 Å². The topological polar surface area (TPSA) is 62.7 Å². The minimum absolute atomic E-state index is 0.0594.